The molecule has 4 heteroatoms. The van der Waals surface area contributed by atoms with Gasteiger partial charge in [0.1, 0.15) is 0 Å². The van der Waals surface area contributed by atoms with Gasteiger partial charge in [-0.3, -0.25) is 9.69 Å². The van der Waals surface area contributed by atoms with Crippen LogP contribution in [0.1, 0.15) is 52.9 Å². The van der Waals surface area contributed by atoms with Gasteiger partial charge in [0.15, 0.2) is 0 Å². The van der Waals surface area contributed by atoms with Crippen molar-refractivity contribution in [3.63, 3.8) is 0 Å². The summed E-state index contributed by atoms with van der Waals surface area (Å²) in [7, 11) is 0. The molecule has 1 N–H and O–H groups in total. The zero-order valence-electron chi connectivity index (χ0n) is 14.1. The van der Waals surface area contributed by atoms with E-state index in [2.05, 4.69) is 35.9 Å². The Labute approximate surface area is 130 Å². The Morgan fingerprint density at radius 1 is 1.24 bits per heavy atom. The lowest BCUT2D eigenvalue weighted by Gasteiger charge is -2.36. The third-order valence-corrected chi connectivity index (χ3v) is 5.07. The van der Waals surface area contributed by atoms with Crippen LogP contribution < -0.4 is 5.32 Å². The van der Waals surface area contributed by atoms with E-state index in [9.17, 15) is 4.79 Å². The Balaban J connectivity index is 1.82. The van der Waals surface area contributed by atoms with Crippen LogP contribution in [0.3, 0.4) is 0 Å². The van der Waals surface area contributed by atoms with Gasteiger partial charge in [-0.1, -0.05) is 13.3 Å². The van der Waals surface area contributed by atoms with Crippen molar-refractivity contribution < 1.29 is 4.79 Å². The van der Waals surface area contributed by atoms with Crippen LogP contribution >= 0.6 is 0 Å². The average molecular weight is 295 g/mol. The number of carbonyl (C=O) groups excluding carboxylic acids is 1. The van der Waals surface area contributed by atoms with Gasteiger partial charge in [0, 0.05) is 31.7 Å². The Bertz CT molecular complexity index is 318. The number of carbonyl (C=O) groups is 1. The normalized spacial score (nSPS) is 24.8. The van der Waals surface area contributed by atoms with E-state index in [-0.39, 0.29) is 0 Å². The summed E-state index contributed by atoms with van der Waals surface area (Å²) in [6.07, 6.45) is 6.19. The van der Waals surface area contributed by atoms with Crippen molar-refractivity contribution >= 4 is 5.91 Å². The average Bonchev–Trinajstić information content (AvgIpc) is 2.48. The fourth-order valence-electron chi connectivity index (χ4n) is 3.35. The Morgan fingerprint density at radius 3 is 2.52 bits per heavy atom. The Hall–Kier alpha value is -0.610. The van der Waals surface area contributed by atoms with E-state index in [1.165, 1.54) is 19.3 Å². The molecule has 0 spiro atoms. The topological polar surface area (TPSA) is 35.6 Å². The van der Waals surface area contributed by atoms with Crippen molar-refractivity contribution in [3.05, 3.63) is 0 Å². The van der Waals surface area contributed by atoms with E-state index in [1.54, 1.807) is 0 Å². The van der Waals surface area contributed by atoms with Crippen LogP contribution in [0.25, 0.3) is 0 Å². The number of hydrogen-bond acceptors (Lipinski definition) is 3. The molecule has 0 aromatic carbocycles. The molecule has 0 saturated carbocycles. The molecular formula is C17H33N3O. The molecule has 4 nitrogen and oxygen atoms in total. The Morgan fingerprint density at radius 2 is 1.95 bits per heavy atom. The van der Waals surface area contributed by atoms with Gasteiger partial charge < -0.3 is 10.2 Å². The first-order valence-electron chi connectivity index (χ1n) is 8.81. The highest BCUT2D eigenvalue weighted by atomic mass is 16.2. The van der Waals surface area contributed by atoms with Crippen molar-refractivity contribution in [1.82, 2.24) is 15.1 Å². The minimum atomic E-state index is 0.325. The monoisotopic (exact) mass is 295 g/mol. The van der Waals surface area contributed by atoms with Gasteiger partial charge >= 0.3 is 0 Å². The first kappa shape index (κ1) is 16.8. The minimum absolute atomic E-state index is 0.325. The summed E-state index contributed by atoms with van der Waals surface area (Å²) in [5, 5.41) is 3.60. The van der Waals surface area contributed by atoms with E-state index in [4.69, 9.17) is 0 Å². The molecule has 2 fully saturated rings. The van der Waals surface area contributed by atoms with Gasteiger partial charge in [-0.15, -0.1) is 0 Å². The maximum Gasteiger partial charge on any atom is 0.236 e. The Kier molecular flexibility index (Phi) is 6.49. The van der Waals surface area contributed by atoms with Gasteiger partial charge in [-0.05, 0) is 52.0 Å². The number of nitrogens with zero attached hydrogens (tertiary/aromatic N) is 2. The second-order valence-corrected chi connectivity index (χ2v) is 7.23. The highest BCUT2D eigenvalue weighted by Crippen LogP contribution is 2.17. The molecule has 2 heterocycles. The molecular weight excluding hydrogens is 262 g/mol. The standard InChI is InChI=1S/C17H33N3O/c1-14(2)20(12-16-6-4-5-9-18-16)13-17(21)19-10-7-15(3)8-11-19/h14-16,18H,4-13H2,1-3H3. The summed E-state index contributed by atoms with van der Waals surface area (Å²) >= 11 is 0. The van der Waals surface area contributed by atoms with Gasteiger partial charge in [0.25, 0.3) is 0 Å². The second kappa shape index (κ2) is 8.14. The minimum Gasteiger partial charge on any atom is -0.342 e. The van der Waals surface area contributed by atoms with Gasteiger partial charge in [0.2, 0.25) is 5.91 Å². The van der Waals surface area contributed by atoms with Crippen LogP contribution in [0.4, 0.5) is 0 Å². The first-order chi connectivity index (χ1) is 10.1. The highest BCUT2D eigenvalue weighted by Gasteiger charge is 2.25. The third-order valence-electron chi connectivity index (χ3n) is 5.07. The maximum atomic E-state index is 12.5. The fraction of sp³-hybridized carbons (Fsp3) is 0.941. The molecule has 2 aliphatic rings. The molecule has 1 unspecified atom stereocenters. The molecule has 0 aliphatic carbocycles. The molecule has 0 aromatic rings. The van der Waals surface area contributed by atoms with Gasteiger partial charge in [-0.2, -0.15) is 0 Å². The van der Waals surface area contributed by atoms with Crippen LogP contribution in [-0.4, -0.2) is 60.5 Å². The van der Waals surface area contributed by atoms with Gasteiger partial charge in [0.05, 0.1) is 6.54 Å². The van der Waals surface area contributed by atoms with Crippen molar-refractivity contribution in [3.8, 4) is 0 Å². The van der Waals surface area contributed by atoms with Crippen LogP contribution in [0.15, 0.2) is 0 Å². The predicted molar refractivity (Wildman–Crippen MR) is 87.3 cm³/mol. The molecule has 122 valence electrons. The SMILES string of the molecule is CC1CCN(C(=O)CN(CC2CCCCN2)C(C)C)CC1. The molecule has 0 bridgehead atoms. The van der Waals surface area contributed by atoms with Crippen LogP contribution in [0.2, 0.25) is 0 Å². The summed E-state index contributed by atoms with van der Waals surface area (Å²) in [6.45, 7) is 11.3. The van der Waals surface area contributed by atoms with E-state index >= 15 is 0 Å². The number of likely N-dealkylation sites (tertiary alicyclic amines) is 1. The van der Waals surface area contributed by atoms with E-state index in [0.29, 0.717) is 24.5 Å². The highest BCUT2D eigenvalue weighted by molar-refractivity contribution is 5.78. The first-order valence-corrected chi connectivity index (χ1v) is 8.81. The molecule has 2 rings (SSSR count). The van der Waals surface area contributed by atoms with Crippen molar-refractivity contribution in [2.75, 3.05) is 32.7 Å². The summed E-state index contributed by atoms with van der Waals surface area (Å²) in [4.78, 5) is 16.9. The lowest BCUT2D eigenvalue weighted by Crippen LogP contribution is -2.50. The van der Waals surface area contributed by atoms with E-state index < -0.39 is 0 Å². The smallest absolute Gasteiger partial charge is 0.236 e. The zero-order valence-corrected chi connectivity index (χ0v) is 14.1. The number of nitrogens with one attached hydrogen (secondary N) is 1. The molecule has 1 amide bonds. The number of piperidine rings is 2. The zero-order chi connectivity index (χ0) is 15.2. The number of hydrogen-bond donors (Lipinski definition) is 1. The molecule has 21 heavy (non-hydrogen) atoms. The predicted octanol–water partition coefficient (Wildman–Crippen LogP) is 2.10. The van der Waals surface area contributed by atoms with E-state index in [1.807, 2.05) is 0 Å². The number of rotatable bonds is 5. The molecule has 0 aromatic heterocycles. The molecule has 0 radical (unpaired) electrons. The lowest BCUT2D eigenvalue weighted by atomic mass is 9.99. The van der Waals surface area contributed by atoms with Crippen LogP contribution in [0.5, 0.6) is 0 Å². The summed E-state index contributed by atoms with van der Waals surface area (Å²) in [6, 6.07) is 0.997. The van der Waals surface area contributed by atoms with Crippen molar-refractivity contribution in [2.45, 2.75) is 65.0 Å². The third kappa shape index (κ3) is 5.26. The van der Waals surface area contributed by atoms with Crippen molar-refractivity contribution in [1.29, 1.82) is 0 Å². The van der Waals surface area contributed by atoms with Crippen LogP contribution in [-0.2, 0) is 4.79 Å². The molecule has 1 atom stereocenters. The largest absolute Gasteiger partial charge is 0.342 e. The molecule has 2 aliphatic heterocycles. The quantitative estimate of drug-likeness (QED) is 0.844. The summed E-state index contributed by atoms with van der Waals surface area (Å²) < 4.78 is 0. The van der Waals surface area contributed by atoms with E-state index in [0.717, 1.165) is 44.9 Å². The van der Waals surface area contributed by atoms with Crippen molar-refractivity contribution in [2.24, 2.45) is 5.92 Å². The van der Waals surface area contributed by atoms with Gasteiger partial charge in [-0.25, -0.2) is 0 Å². The summed E-state index contributed by atoms with van der Waals surface area (Å²) in [5.74, 6) is 1.10. The lowest BCUT2D eigenvalue weighted by molar-refractivity contribution is -0.134. The maximum absolute atomic E-state index is 12.5. The second-order valence-electron chi connectivity index (χ2n) is 7.23. The summed E-state index contributed by atoms with van der Waals surface area (Å²) in [5.41, 5.74) is 0. The van der Waals surface area contributed by atoms with Crippen LogP contribution in [0, 0.1) is 5.92 Å². The molecule has 2 saturated heterocycles. The number of amides is 1. The fourth-order valence-corrected chi connectivity index (χ4v) is 3.35.